The van der Waals surface area contributed by atoms with Crippen LogP contribution in [-0.2, 0) is 0 Å². The van der Waals surface area contributed by atoms with Crippen LogP contribution in [0.25, 0.3) is 11.4 Å². The van der Waals surface area contributed by atoms with Gasteiger partial charge in [-0.3, -0.25) is 0 Å². The predicted molar refractivity (Wildman–Crippen MR) is 93.6 cm³/mol. The van der Waals surface area contributed by atoms with Crippen LogP contribution in [0, 0.1) is 11.7 Å². The van der Waals surface area contributed by atoms with Crippen LogP contribution in [0.4, 0.5) is 0 Å². The van der Waals surface area contributed by atoms with E-state index in [2.05, 4.69) is 15.3 Å². The van der Waals surface area contributed by atoms with Gasteiger partial charge in [0.1, 0.15) is 5.75 Å². The van der Waals surface area contributed by atoms with Gasteiger partial charge < -0.3 is 4.74 Å². The SMILES string of the molecule is COc1ccccc1-c1n[nH]c(=S)n1/N=C\c1ccc(C)cc1. The van der Waals surface area contributed by atoms with E-state index >= 15 is 0 Å². The lowest BCUT2D eigenvalue weighted by Crippen LogP contribution is -1.97. The molecule has 0 unspecified atom stereocenters. The summed E-state index contributed by atoms with van der Waals surface area (Å²) in [5, 5.41) is 11.5. The molecule has 0 spiro atoms. The lowest BCUT2D eigenvalue weighted by molar-refractivity contribution is 0.416. The van der Waals surface area contributed by atoms with Crippen molar-refractivity contribution in [2.24, 2.45) is 5.10 Å². The molecule has 0 fully saturated rings. The fraction of sp³-hybridized carbons (Fsp3) is 0.118. The number of hydrogen-bond donors (Lipinski definition) is 1. The van der Waals surface area contributed by atoms with Gasteiger partial charge in [-0.2, -0.15) is 14.9 Å². The molecule has 1 aromatic heterocycles. The van der Waals surface area contributed by atoms with Gasteiger partial charge in [-0.15, -0.1) is 0 Å². The lowest BCUT2D eigenvalue weighted by Gasteiger charge is -2.06. The van der Waals surface area contributed by atoms with E-state index in [0.29, 0.717) is 16.3 Å². The van der Waals surface area contributed by atoms with Gasteiger partial charge in [-0.05, 0) is 36.8 Å². The largest absolute Gasteiger partial charge is 0.496 e. The summed E-state index contributed by atoms with van der Waals surface area (Å²) < 4.78 is 7.40. The van der Waals surface area contributed by atoms with Crippen LogP contribution in [0.15, 0.2) is 53.6 Å². The number of ether oxygens (including phenoxy) is 1. The van der Waals surface area contributed by atoms with Gasteiger partial charge in [-0.1, -0.05) is 42.0 Å². The second-order valence-corrected chi connectivity index (χ2v) is 5.41. The highest BCUT2D eigenvalue weighted by Gasteiger charge is 2.12. The third kappa shape index (κ3) is 3.22. The molecule has 0 atom stereocenters. The first-order chi connectivity index (χ1) is 11.2. The highest BCUT2D eigenvalue weighted by atomic mass is 32.1. The predicted octanol–water partition coefficient (Wildman–Crippen LogP) is 3.81. The van der Waals surface area contributed by atoms with Crippen molar-refractivity contribution in [2.45, 2.75) is 6.92 Å². The molecular formula is C17H16N4OS. The van der Waals surface area contributed by atoms with Gasteiger partial charge in [0.25, 0.3) is 0 Å². The van der Waals surface area contributed by atoms with Gasteiger partial charge in [0.15, 0.2) is 5.82 Å². The minimum Gasteiger partial charge on any atom is -0.496 e. The van der Waals surface area contributed by atoms with Crippen molar-refractivity contribution in [3.05, 3.63) is 64.4 Å². The molecule has 0 amide bonds. The first-order valence-corrected chi connectivity index (χ1v) is 7.51. The van der Waals surface area contributed by atoms with Gasteiger partial charge in [0.05, 0.1) is 18.9 Å². The van der Waals surface area contributed by atoms with Crippen molar-refractivity contribution in [1.29, 1.82) is 0 Å². The highest BCUT2D eigenvalue weighted by Crippen LogP contribution is 2.27. The number of nitrogens with zero attached hydrogens (tertiary/aromatic N) is 3. The molecule has 116 valence electrons. The summed E-state index contributed by atoms with van der Waals surface area (Å²) in [7, 11) is 1.63. The summed E-state index contributed by atoms with van der Waals surface area (Å²) in [5.74, 6) is 1.32. The quantitative estimate of drug-likeness (QED) is 0.586. The van der Waals surface area contributed by atoms with E-state index in [4.69, 9.17) is 17.0 Å². The fourth-order valence-corrected chi connectivity index (χ4v) is 2.36. The molecule has 1 N–H and O–H groups in total. The van der Waals surface area contributed by atoms with Crippen molar-refractivity contribution < 1.29 is 4.74 Å². The van der Waals surface area contributed by atoms with Crippen molar-refractivity contribution in [2.75, 3.05) is 7.11 Å². The molecule has 3 aromatic rings. The summed E-state index contributed by atoms with van der Waals surface area (Å²) in [5.41, 5.74) is 3.02. The zero-order valence-corrected chi connectivity index (χ0v) is 13.7. The van der Waals surface area contributed by atoms with Crippen molar-refractivity contribution >= 4 is 18.4 Å². The van der Waals surface area contributed by atoms with Gasteiger partial charge in [-0.25, -0.2) is 5.10 Å². The number of aryl methyl sites for hydroxylation is 1. The fourth-order valence-electron chi connectivity index (χ4n) is 2.18. The maximum atomic E-state index is 5.39. The summed E-state index contributed by atoms with van der Waals surface area (Å²) in [4.78, 5) is 0. The van der Waals surface area contributed by atoms with E-state index in [1.807, 2.05) is 55.5 Å². The minimum atomic E-state index is 0.425. The molecule has 0 aliphatic heterocycles. The van der Waals surface area contributed by atoms with E-state index in [-0.39, 0.29) is 0 Å². The average Bonchev–Trinajstić information content (AvgIpc) is 2.95. The summed E-state index contributed by atoms with van der Waals surface area (Å²) in [6.07, 6.45) is 1.75. The monoisotopic (exact) mass is 324 g/mol. The second-order valence-electron chi connectivity index (χ2n) is 5.02. The molecular weight excluding hydrogens is 308 g/mol. The lowest BCUT2D eigenvalue weighted by atomic mass is 10.2. The van der Waals surface area contributed by atoms with Crippen LogP contribution in [0.5, 0.6) is 5.75 Å². The number of rotatable bonds is 4. The summed E-state index contributed by atoms with van der Waals surface area (Å²) in [6, 6.07) is 15.7. The van der Waals surface area contributed by atoms with Gasteiger partial charge in [0, 0.05) is 0 Å². The number of aromatic nitrogens is 3. The summed E-state index contributed by atoms with van der Waals surface area (Å²) in [6.45, 7) is 2.05. The number of aromatic amines is 1. The Morgan fingerprint density at radius 3 is 2.65 bits per heavy atom. The first-order valence-electron chi connectivity index (χ1n) is 7.11. The van der Waals surface area contributed by atoms with Crippen molar-refractivity contribution in [1.82, 2.24) is 14.9 Å². The third-order valence-electron chi connectivity index (χ3n) is 3.40. The smallest absolute Gasteiger partial charge is 0.216 e. The molecule has 2 aromatic carbocycles. The molecule has 0 aliphatic carbocycles. The molecule has 6 heteroatoms. The van der Waals surface area contributed by atoms with Crippen LogP contribution >= 0.6 is 12.2 Å². The number of hydrogen-bond acceptors (Lipinski definition) is 4. The Morgan fingerprint density at radius 1 is 1.17 bits per heavy atom. The molecule has 3 rings (SSSR count). The van der Waals surface area contributed by atoms with Crippen molar-refractivity contribution in [3.63, 3.8) is 0 Å². The molecule has 0 radical (unpaired) electrons. The maximum Gasteiger partial charge on any atom is 0.216 e. The van der Waals surface area contributed by atoms with E-state index in [0.717, 1.165) is 11.1 Å². The Kier molecular flexibility index (Phi) is 4.34. The molecule has 0 bridgehead atoms. The molecule has 1 heterocycles. The number of para-hydroxylation sites is 1. The van der Waals surface area contributed by atoms with Crippen LogP contribution in [0.3, 0.4) is 0 Å². The molecule has 0 saturated carbocycles. The Labute approximate surface area is 139 Å². The highest BCUT2D eigenvalue weighted by molar-refractivity contribution is 7.71. The van der Waals surface area contributed by atoms with Crippen LogP contribution in [-0.4, -0.2) is 28.2 Å². The van der Waals surface area contributed by atoms with Gasteiger partial charge in [0.2, 0.25) is 4.77 Å². The van der Waals surface area contributed by atoms with Crippen LogP contribution in [0.2, 0.25) is 0 Å². The molecule has 5 nitrogen and oxygen atoms in total. The first kappa shape index (κ1) is 15.2. The normalized spacial score (nSPS) is 11.0. The maximum absolute atomic E-state index is 5.39. The van der Waals surface area contributed by atoms with E-state index in [1.165, 1.54) is 5.56 Å². The molecule has 0 aliphatic rings. The Balaban J connectivity index is 2.02. The number of H-pyrrole nitrogens is 1. The van der Waals surface area contributed by atoms with E-state index in [9.17, 15) is 0 Å². The number of nitrogens with one attached hydrogen (secondary N) is 1. The zero-order valence-electron chi connectivity index (χ0n) is 12.9. The Bertz CT molecular complexity index is 893. The standard InChI is InChI=1S/C17H16N4OS/c1-12-7-9-13(10-8-12)11-18-21-16(19-20-17(21)23)14-5-3-4-6-15(14)22-2/h3-11H,1-2H3,(H,20,23)/b18-11-. The number of methoxy groups -OCH3 is 1. The molecule has 23 heavy (non-hydrogen) atoms. The Morgan fingerprint density at radius 2 is 1.91 bits per heavy atom. The Hall–Kier alpha value is -2.73. The van der Waals surface area contributed by atoms with E-state index in [1.54, 1.807) is 18.0 Å². The molecule has 0 saturated heterocycles. The zero-order chi connectivity index (χ0) is 16.2. The minimum absolute atomic E-state index is 0.425. The third-order valence-corrected chi connectivity index (χ3v) is 3.66. The van der Waals surface area contributed by atoms with Crippen LogP contribution < -0.4 is 4.74 Å². The van der Waals surface area contributed by atoms with Crippen LogP contribution in [0.1, 0.15) is 11.1 Å². The summed E-state index contributed by atoms with van der Waals surface area (Å²) >= 11 is 5.28. The number of benzene rings is 2. The topological polar surface area (TPSA) is 55.2 Å². The van der Waals surface area contributed by atoms with Crippen molar-refractivity contribution in [3.8, 4) is 17.1 Å². The van der Waals surface area contributed by atoms with E-state index < -0.39 is 0 Å². The average molecular weight is 324 g/mol. The van der Waals surface area contributed by atoms with Gasteiger partial charge >= 0.3 is 0 Å². The second kappa shape index (κ2) is 6.58.